The summed E-state index contributed by atoms with van der Waals surface area (Å²) in [6.07, 6.45) is 8.68. The molecule has 0 bridgehead atoms. The summed E-state index contributed by atoms with van der Waals surface area (Å²) in [5.74, 6) is 1.27. The summed E-state index contributed by atoms with van der Waals surface area (Å²) >= 11 is 0. The predicted octanol–water partition coefficient (Wildman–Crippen LogP) is 2.99. The first-order valence-electron chi connectivity index (χ1n) is 10.5. The summed E-state index contributed by atoms with van der Waals surface area (Å²) < 4.78 is 11.7. The van der Waals surface area contributed by atoms with Crippen molar-refractivity contribution in [2.75, 3.05) is 19.0 Å². The van der Waals surface area contributed by atoms with Gasteiger partial charge in [0.2, 0.25) is 17.8 Å². The number of imidazole rings is 1. The smallest absolute Gasteiger partial charge is 0.227 e. The van der Waals surface area contributed by atoms with Gasteiger partial charge in [0.05, 0.1) is 13.2 Å². The molecule has 2 atom stereocenters. The number of amides is 2. The highest BCUT2D eigenvalue weighted by molar-refractivity contribution is 5.93. The van der Waals surface area contributed by atoms with Crippen LogP contribution in [0.4, 0.5) is 5.95 Å². The highest BCUT2D eigenvalue weighted by Gasteiger charge is 2.32. The molecule has 4 rings (SSSR count). The van der Waals surface area contributed by atoms with Gasteiger partial charge in [-0.2, -0.15) is 0 Å². The van der Waals surface area contributed by atoms with Crippen molar-refractivity contribution in [3.05, 3.63) is 36.2 Å². The molecule has 1 saturated carbocycles. The van der Waals surface area contributed by atoms with Gasteiger partial charge in [-0.15, -0.1) is 0 Å². The van der Waals surface area contributed by atoms with Crippen molar-refractivity contribution >= 4 is 17.8 Å². The van der Waals surface area contributed by atoms with Gasteiger partial charge < -0.3 is 19.8 Å². The van der Waals surface area contributed by atoms with Gasteiger partial charge in [-0.3, -0.25) is 14.9 Å². The van der Waals surface area contributed by atoms with Gasteiger partial charge in [0.15, 0.2) is 11.5 Å². The van der Waals surface area contributed by atoms with Crippen molar-refractivity contribution in [2.45, 2.75) is 50.5 Å². The highest BCUT2D eigenvalue weighted by atomic mass is 16.5. The summed E-state index contributed by atoms with van der Waals surface area (Å²) in [4.78, 5) is 31.5. The number of hydrogen-bond acceptors (Lipinski definition) is 5. The molecule has 1 aromatic carbocycles. The van der Waals surface area contributed by atoms with Gasteiger partial charge in [0.1, 0.15) is 0 Å². The number of aromatic nitrogens is 2. The molecule has 2 unspecified atom stereocenters. The topological polar surface area (TPSA) is 105 Å². The molecule has 2 fully saturated rings. The zero-order valence-corrected chi connectivity index (χ0v) is 17.1. The quantitative estimate of drug-likeness (QED) is 0.648. The fourth-order valence-electron chi connectivity index (χ4n) is 4.30. The van der Waals surface area contributed by atoms with E-state index >= 15 is 0 Å². The van der Waals surface area contributed by atoms with Crippen LogP contribution in [0.1, 0.15) is 50.0 Å². The molecule has 30 heavy (non-hydrogen) atoms. The number of carbonyl (C=O) groups is 2. The fraction of sp³-hybridized carbons (Fsp3) is 0.500. The molecule has 2 heterocycles. The number of piperidine rings is 1. The van der Waals surface area contributed by atoms with Crippen LogP contribution in [0.3, 0.4) is 0 Å². The van der Waals surface area contributed by atoms with Crippen molar-refractivity contribution in [3.8, 4) is 11.5 Å². The maximum absolute atomic E-state index is 12.3. The summed E-state index contributed by atoms with van der Waals surface area (Å²) in [5, 5.41) is 5.64. The molecule has 1 saturated heterocycles. The first kappa shape index (κ1) is 20.3. The third kappa shape index (κ3) is 4.75. The molecule has 0 radical (unpaired) electrons. The predicted molar refractivity (Wildman–Crippen MR) is 112 cm³/mol. The van der Waals surface area contributed by atoms with Crippen molar-refractivity contribution in [2.24, 2.45) is 5.92 Å². The van der Waals surface area contributed by atoms with Crippen molar-refractivity contribution in [1.82, 2.24) is 15.3 Å². The lowest BCUT2D eigenvalue weighted by Gasteiger charge is -2.29. The summed E-state index contributed by atoms with van der Waals surface area (Å²) in [6, 6.07) is 5.97. The average molecular weight is 412 g/mol. The molecular formula is C22H28N4O4. The number of carbonyl (C=O) groups excluding carboxylic acids is 2. The van der Waals surface area contributed by atoms with E-state index in [1.54, 1.807) is 19.5 Å². The normalized spacial score (nSPS) is 21.8. The second kappa shape index (κ2) is 9.19. The first-order valence-corrected chi connectivity index (χ1v) is 10.5. The third-order valence-corrected chi connectivity index (χ3v) is 5.91. The monoisotopic (exact) mass is 412 g/mol. The molecule has 3 N–H and O–H groups in total. The van der Waals surface area contributed by atoms with Gasteiger partial charge >= 0.3 is 0 Å². The maximum atomic E-state index is 12.3. The zero-order chi connectivity index (χ0) is 20.9. The standard InChI is InChI=1S/C22H28N4O4/c1-29-18-7-6-14(11-19(18)30-17-4-2-3-5-17)16-10-15(21(28)25-13-16)12-20(27)26-22-23-8-9-24-22/h6-9,11,15-17H,2-5,10,12-13H2,1H3,(H,25,28)(H2,23,24,26,27). The first-order chi connectivity index (χ1) is 14.6. The van der Waals surface area contributed by atoms with E-state index in [2.05, 4.69) is 20.6 Å². The number of nitrogens with zero attached hydrogens (tertiary/aromatic N) is 1. The fourth-order valence-corrected chi connectivity index (χ4v) is 4.30. The zero-order valence-electron chi connectivity index (χ0n) is 17.1. The lowest BCUT2D eigenvalue weighted by Crippen LogP contribution is -2.42. The van der Waals surface area contributed by atoms with Crippen LogP contribution in [0.5, 0.6) is 11.5 Å². The Hall–Kier alpha value is -3.03. The van der Waals surface area contributed by atoms with E-state index in [4.69, 9.17) is 9.47 Å². The van der Waals surface area contributed by atoms with Crippen LogP contribution in [0, 0.1) is 5.92 Å². The van der Waals surface area contributed by atoms with Gasteiger partial charge in [0, 0.05) is 37.2 Å². The molecule has 2 amide bonds. The van der Waals surface area contributed by atoms with E-state index in [0.717, 1.165) is 29.9 Å². The molecule has 1 aliphatic heterocycles. The second-order valence-electron chi connectivity index (χ2n) is 8.00. The van der Waals surface area contributed by atoms with Crippen LogP contribution in [0.2, 0.25) is 0 Å². The van der Waals surface area contributed by atoms with E-state index in [-0.39, 0.29) is 36.2 Å². The van der Waals surface area contributed by atoms with Gasteiger partial charge in [0.25, 0.3) is 0 Å². The Morgan fingerprint density at radius 1 is 1.27 bits per heavy atom. The Morgan fingerprint density at radius 2 is 2.10 bits per heavy atom. The van der Waals surface area contributed by atoms with E-state index in [1.807, 2.05) is 18.2 Å². The van der Waals surface area contributed by atoms with Crippen molar-refractivity contribution in [1.29, 1.82) is 0 Å². The van der Waals surface area contributed by atoms with Crippen LogP contribution >= 0.6 is 0 Å². The Morgan fingerprint density at radius 3 is 2.83 bits per heavy atom. The van der Waals surface area contributed by atoms with E-state index in [0.29, 0.717) is 18.9 Å². The number of benzene rings is 1. The minimum absolute atomic E-state index is 0.0863. The maximum Gasteiger partial charge on any atom is 0.227 e. The number of hydrogen-bond donors (Lipinski definition) is 3. The molecule has 160 valence electrons. The summed E-state index contributed by atoms with van der Waals surface area (Å²) in [7, 11) is 1.64. The van der Waals surface area contributed by atoms with Crippen LogP contribution in [-0.2, 0) is 9.59 Å². The minimum atomic E-state index is -0.389. The lowest BCUT2D eigenvalue weighted by atomic mass is 9.83. The summed E-state index contributed by atoms with van der Waals surface area (Å²) in [6.45, 7) is 0.546. The Labute approximate surface area is 175 Å². The van der Waals surface area contributed by atoms with Gasteiger partial charge in [-0.1, -0.05) is 6.07 Å². The molecule has 2 aliphatic rings. The number of rotatable bonds is 7. The molecule has 2 aromatic rings. The van der Waals surface area contributed by atoms with Crippen LogP contribution in [0.15, 0.2) is 30.6 Å². The minimum Gasteiger partial charge on any atom is -0.493 e. The van der Waals surface area contributed by atoms with E-state index in [1.165, 1.54) is 12.8 Å². The number of nitrogens with one attached hydrogen (secondary N) is 3. The van der Waals surface area contributed by atoms with E-state index < -0.39 is 0 Å². The van der Waals surface area contributed by atoms with Crippen LogP contribution in [0.25, 0.3) is 0 Å². The Bertz CT molecular complexity index is 877. The van der Waals surface area contributed by atoms with Crippen LogP contribution in [-0.4, -0.2) is 41.5 Å². The van der Waals surface area contributed by atoms with Crippen molar-refractivity contribution in [3.63, 3.8) is 0 Å². The number of H-pyrrole nitrogens is 1. The number of anilines is 1. The largest absolute Gasteiger partial charge is 0.493 e. The molecule has 1 aliphatic carbocycles. The van der Waals surface area contributed by atoms with Gasteiger partial charge in [-0.05, 0) is 49.8 Å². The lowest BCUT2D eigenvalue weighted by molar-refractivity contribution is -0.130. The van der Waals surface area contributed by atoms with Crippen LogP contribution < -0.4 is 20.1 Å². The number of aromatic amines is 1. The Kier molecular flexibility index (Phi) is 6.21. The van der Waals surface area contributed by atoms with E-state index in [9.17, 15) is 9.59 Å². The number of ether oxygens (including phenoxy) is 2. The number of methoxy groups -OCH3 is 1. The molecule has 8 heteroatoms. The summed E-state index contributed by atoms with van der Waals surface area (Å²) in [5.41, 5.74) is 1.08. The third-order valence-electron chi connectivity index (χ3n) is 5.91. The molecule has 0 spiro atoms. The van der Waals surface area contributed by atoms with Gasteiger partial charge in [-0.25, -0.2) is 4.98 Å². The highest BCUT2D eigenvalue weighted by Crippen LogP contribution is 2.37. The second-order valence-corrected chi connectivity index (χ2v) is 8.00. The van der Waals surface area contributed by atoms with Crippen molar-refractivity contribution < 1.29 is 19.1 Å². The molecular weight excluding hydrogens is 384 g/mol. The SMILES string of the molecule is COc1ccc(C2CNC(=O)C(CC(=O)Nc3ncc[nH]3)C2)cc1OC1CCCC1. The molecule has 8 nitrogen and oxygen atoms in total. The Balaban J connectivity index is 1.43. The molecule has 1 aromatic heterocycles. The average Bonchev–Trinajstić information content (AvgIpc) is 3.44.